The first-order chi connectivity index (χ1) is 13.1. The number of hydrogen-bond donors (Lipinski definition) is 1. The zero-order valence-electron chi connectivity index (χ0n) is 16.3. The summed E-state index contributed by atoms with van der Waals surface area (Å²) in [6.07, 6.45) is -3.27. The second kappa shape index (κ2) is 7.40. The maximum absolute atomic E-state index is 13.0. The smallest absolute Gasteiger partial charge is 0.356 e. The lowest BCUT2D eigenvalue weighted by molar-refractivity contribution is -0.141. The largest absolute Gasteiger partial charge is 0.433 e. The van der Waals surface area contributed by atoms with Gasteiger partial charge in [0.15, 0.2) is 0 Å². The normalized spacial score (nSPS) is 15.8. The molecule has 0 atom stereocenters. The first-order valence-electron chi connectivity index (χ1n) is 9.05. The number of amides is 1. The number of aromatic nitrogens is 4. The molecule has 7 nitrogen and oxygen atoms in total. The van der Waals surface area contributed by atoms with E-state index in [0.717, 1.165) is 11.8 Å². The number of nitrogens with one attached hydrogen (secondary N) is 1. The standard InChI is InChI=1S/C18H23F3N6O/c1-10-16(11(2)26(4)25-10)17(28)24-13-5-7-27(8-6-13)15-9-14(18(19,20)21)22-12(3)23-15/h9,13H,5-8H2,1-4H3,(H,24,28). The molecule has 1 aliphatic rings. The van der Waals surface area contributed by atoms with Crippen LogP contribution in [0.2, 0.25) is 0 Å². The van der Waals surface area contributed by atoms with Gasteiger partial charge in [-0.2, -0.15) is 18.3 Å². The van der Waals surface area contributed by atoms with Crippen molar-refractivity contribution >= 4 is 11.7 Å². The molecular formula is C18H23F3N6O. The van der Waals surface area contributed by atoms with Crippen molar-refractivity contribution < 1.29 is 18.0 Å². The van der Waals surface area contributed by atoms with Crippen LogP contribution in [0.5, 0.6) is 0 Å². The molecule has 10 heteroatoms. The van der Waals surface area contributed by atoms with E-state index in [9.17, 15) is 18.0 Å². The molecule has 152 valence electrons. The summed E-state index contributed by atoms with van der Waals surface area (Å²) in [5.41, 5.74) is 1.11. The average Bonchev–Trinajstić information content (AvgIpc) is 2.86. The Morgan fingerprint density at radius 2 is 1.82 bits per heavy atom. The molecule has 0 radical (unpaired) electrons. The molecule has 0 saturated carbocycles. The maximum atomic E-state index is 13.0. The number of aryl methyl sites for hydroxylation is 3. The Bertz CT molecular complexity index is 884. The number of carbonyl (C=O) groups excluding carboxylic acids is 1. The van der Waals surface area contributed by atoms with Crippen LogP contribution in [0, 0.1) is 20.8 Å². The number of piperidine rings is 1. The van der Waals surface area contributed by atoms with Crippen LogP contribution in [0.4, 0.5) is 19.0 Å². The van der Waals surface area contributed by atoms with E-state index in [1.807, 2.05) is 6.92 Å². The van der Waals surface area contributed by atoms with Gasteiger partial charge in [-0.3, -0.25) is 9.48 Å². The molecule has 1 aliphatic heterocycles. The van der Waals surface area contributed by atoms with E-state index in [4.69, 9.17) is 0 Å². The fourth-order valence-electron chi connectivity index (χ4n) is 3.47. The van der Waals surface area contributed by atoms with Crippen LogP contribution in [0.3, 0.4) is 0 Å². The van der Waals surface area contributed by atoms with Crippen molar-refractivity contribution in [1.29, 1.82) is 0 Å². The van der Waals surface area contributed by atoms with E-state index in [-0.39, 0.29) is 23.6 Å². The van der Waals surface area contributed by atoms with Gasteiger partial charge >= 0.3 is 6.18 Å². The Morgan fingerprint density at radius 1 is 1.18 bits per heavy atom. The summed E-state index contributed by atoms with van der Waals surface area (Å²) < 4.78 is 40.6. The van der Waals surface area contributed by atoms with Crippen molar-refractivity contribution in [3.63, 3.8) is 0 Å². The highest BCUT2D eigenvalue weighted by atomic mass is 19.4. The Kier molecular flexibility index (Phi) is 5.31. The average molecular weight is 396 g/mol. The Labute approximate surface area is 161 Å². The van der Waals surface area contributed by atoms with Crippen molar-refractivity contribution in [3.05, 3.63) is 34.5 Å². The summed E-state index contributed by atoms with van der Waals surface area (Å²) in [7, 11) is 1.79. The van der Waals surface area contributed by atoms with Crippen molar-refractivity contribution in [3.8, 4) is 0 Å². The minimum absolute atomic E-state index is 0.0484. The topological polar surface area (TPSA) is 75.9 Å². The third-order valence-electron chi connectivity index (χ3n) is 5.01. The van der Waals surface area contributed by atoms with Gasteiger partial charge in [-0.05, 0) is 33.6 Å². The highest BCUT2D eigenvalue weighted by Crippen LogP contribution is 2.30. The quantitative estimate of drug-likeness (QED) is 0.863. The molecule has 1 N–H and O–H groups in total. The molecule has 1 fully saturated rings. The van der Waals surface area contributed by atoms with Crippen LogP contribution in [0.1, 0.15) is 46.1 Å². The molecule has 28 heavy (non-hydrogen) atoms. The number of carbonyl (C=O) groups is 1. The molecule has 1 saturated heterocycles. The molecule has 0 bridgehead atoms. The van der Waals surface area contributed by atoms with Gasteiger partial charge < -0.3 is 10.2 Å². The van der Waals surface area contributed by atoms with Gasteiger partial charge in [0.2, 0.25) is 0 Å². The highest BCUT2D eigenvalue weighted by Gasteiger charge is 2.34. The van der Waals surface area contributed by atoms with E-state index in [1.165, 1.54) is 6.92 Å². The fourth-order valence-corrected chi connectivity index (χ4v) is 3.47. The summed E-state index contributed by atoms with van der Waals surface area (Å²) in [6.45, 7) is 6.09. The fraction of sp³-hybridized carbons (Fsp3) is 0.556. The summed E-state index contributed by atoms with van der Waals surface area (Å²) in [5.74, 6) is 0.185. The Hall–Kier alpha value is -2.65. The zero-order valence-corrected chi connectivity index (χ0v) is 16.3. The zero-order chi connectivity index (χ0) is 20.6. The van der Waals surface area contributed by atoms with Gasteiger partial charge in [-0.1, -0.05) is 0 Å². The number of rotatable bonds is 3. The Morgan fingerprint density at radius 3 is 2.36 bits per heavy atom. The molecule has 2 aromatic heterocycles. The summed E-state index contributed by atoms with van der Waals surface area (Å²) in [6, 6.07) is 0.932. The summed E-state index contributed by atoms with van der Waals surface area (Å²) in [4.78, 5) is 22.0. The van der Waals surface area contributed by atoms with E-state index in [1.54, 1.807) is 23.6 Å². The van der Waals surface area contributed by atoms with Gasteiger partial charge in [0.25, 0.3) is 5.91 Å². The molecule has 1 amide bonds. The van der Waals surface area contributed by atoms with Gasteiger partial charge in [-0.25, -0.2) is 9.97 Å². The third-order valence-corrected chi connectivity index (χ3v) is 5.01. The second-order valence-electron chi connectivity index (χ2n) is 7.06. The number of hydrogen-bond acceptors (Lipinski definition) is 5. The van der Waals surface area contributed by atoms with Crippen LogP contribution >= 0.6 is 0 Å². The van der Waals surface area contributed by atoms with E-state index < -0.39 is 11.9 Å². The summed E-state index contributed by atoms with van der Waals surface area (Å²) >= 11 is 0. The molecule has 3 rings (SSSR count). The molecule has 0 spiro atoms. The first kappa shape index (κ1) is 20.1. The SMILES string of the molecule is Cc1nc(N2CCC(NC(=O)c3c(C)nn(C)c3C)CC2)cc(C(F)(F)F)n1. The minimum Gasteiger partial charge on any atom is -0.356 e. The third kappa shape index (κ3) is 4.10. The van der Waals surface area contributed by atoms with Crippen molar-refractivity contribution in [2.45, 2.75) is 45.8 Å². The number of anilines is 1. The number of nitrogens with zero attached hydrogens (tertiary/aromatic N) is 5. The highest BCUT2D eigenvalue weighted by molar-refractivity contribution is 5.96. The number of halogens is 3. The lowest BCUT2D eigenvalue weighted by Gasteiger charge is -2.33. The van der Waals surface area contributed by atoms with E-state index in [2.05, 4.69) is 20.4 Å². The molecule has 3 heterocycles. The van der Waals surface area contributed by atoms with Crippen LogP contribution in [-0.4, -0.2) is 44.8 Å². The lowest BCUT2D eigenvalue weighted by Crippen LogP contribution is -2.45. The van der Waals surface area contributed by atoms with Gasteiger partial charge in [0.1, 0.15) is 17.3 Å². The monoisotopic (exact) mass is 396 g/mol. The van der Waals surface area contributed by atoms with Crippen LogP contribution < -0.4 is 10.2 Å². The van der Waals surface area contributed by atoms with Crippen LogP contribution in [0.25, 0.3) is 0 Å². The maximum Gasteiger partial charge on any atom is 0.433 e. The second-order valence-corrected chi connectivity index (χ2v) is 7.06. The van der Waals surface area contributed by atoms with Crippen LogP contribution in [0.15, 0.2) is 6.07 Å². The van der Waals surface area contributed by atoms with Gasteiger partial charge in [0, 0.05) is 37.9 Å². The molecule has 0 aromatic carbocycles. The van der Waals surface area contributed by atoms with Crippen molar-refractivity contribution in [1.82, 2.24) is 25.1 Å². The molecular weight excluding hydrogens is 373 g/mol. The Balaban J connectivity index is 1.65. The van der Waals surface area contributed by atoms with E-state index >= 15 is 0 Å². The predicted octanol–water partition coefficient (Wildman–Crippen LogP) is 2.55. The molecule has 0 aliphatic carbocycles. The van der Waals surface area contributed by atoms with Crippen LogP contribution in [-0.2, 0) is 13.2 Å². The predicted molar refractivity (Wildman–Crippen MR) is 97.2 cm³/mol. The first-order valence-corrected chi connectivity index (χ1v) is 9.05. The minimum atomic E-state index is -4.51. The molecule has 0 unspecified atom stereocenters. The van der Waals surface area contributed by atoms with E-state index in [0.29, 0.717) is 37.2 Å². The summed E-state index contributed by atoms with van der Waals surface area (Å²) in [5, 5.41) is 7.27. The molecule has 2 aromatic rings. The van der Waals surface area contributed by atoms with Crippen molar-refractivity contribution in [2.75, 3.05) is 18.0 Å². The number of alkyl halides is 3. The van der Waals surface area contributed by atoms with Gasteiger partial charge in [0.05, 0.1) is 11.3 Å². The van der Waals surface area contributed by atoms with Gasteiger partial charge in [-0.15, -0.1) is 0 Å². The lowest BCUT2D eigenvalue weighted by atomic mass is 10.0. The van der Waals surface area contributed by atoms with Crippen molar-refractivity contribution in [2.24, 2.45) is 7.05 Å².